The first-order valence-electron chi connectivity index (χ1n) is 24.1. The van der Waals surface area contributed by atoms with Crippen molar-refractivity contribution in [1.82, 2.24) is 0 Å². The SMILES string of the molecule is CC/C=C\C/C=C\C/C=C\C/C=C\C/C=C\C=C/C(O)CCC(=O)OC[C@H](COP(=O)(O)OCC[N+](C)(C)C)OC(=O)CCCCCCCCCCc1oc(CCCCC)c(C)c1C. The predicted molar refractivity (Wildman–Crippen MR) is 261 cm³/mol. The molecule has 0 amide bonds. The van der Waals surface area contributed by atoms with Gasteiger partial charge in [0.25, 0.3) is 0 Å². The summed E-state index contributed by atoms with van der Waals surface area (Å²) in [6.45, 7) is 8.31. The zero-order valence-corrected chi connectivity index (χ0v) is 41.7. The van der Waals surface area contributed by atoms with Crippen LogP contribution in [-0.4, -0.2) is 86.1 Å². The Bertz CT molecular complexity index is 1620. The lowest BCUT2D eigenvalue weighted by atomic mass is 10.0. The van der Waals surface area contributed by atoms with E-state index in [0.717, 1.165) is 95.0 Å². The number of rotatable bonds is 39. The van der Waals surface area contributed by atoms with Crippen molar-refractivity contribution in [3.8, 4) is 0 Å². The van der Waals surface area contributed by atoms with Crippen molar-refractivity contribution in [1.29, 1.82) is 0 Å². The Kier molecular flexibility index (Phi) is 33.8. The van der Waals surface area contributed by atoms with Gasteiger partial charge in [-0.05, 0) is 82.8 Å². The fourth-order valence-corrected chi connectivity index (χ4v) is 7.22. The van der Waals surface area contributed by atoms with E-state index < -0.39 is 38.6 Å². The molecule has 0 aromatic carbocycles. The number of likely N-dealkylation sites (N-methyl/N-ethyl adjacent to an activating group) is 1. The molecule has 0 saturated heterocycles. The summed E-state index contributed by atoms with van der Waals surface area (Å²) in [5.41, 5.74) is 2.63. The van der Waals surface area contributed by atoms with Gasteiger partial charge in [-0.1, -0.05) is 138 Å². The second-order valence-electron chi connectivity index (χ2n) is 17.5. The molecule has 1 rings (SSSR count). The van der Waals surface area contributed by atoms with Gasteiger partial charge >= 0.3 is 19.8 Å². The van der Waals surface area contributed by atoms with Crippen LogP contribution in [0.25, 0.3) is 0 Å². The lowest BCUT2D eigenvalue weighted by Crippen LogP contribution is -2.37. The van der Waals surface area contributed by atoms with Crippen molar-refractivity contribution in [2.24, 2.45) is 0 Å². The number of quaternary nitrogens is 1. The molecule has 12 heteroatoms. The van der Waals surface area contributed by atoms with E-state index in [9.17, 15) is 24.2 Å². The van der Waals surface area contributed by atoms with E-state index in [2.05, 4.69) is 76.3 Å². The molecule has 1 aromatic heterocycles. The molecular weight excluding hydrogens is 830 g/mol. The lowest BCUT2D eigenvalue weighted by Gasteiger charge is -2.24. The number of phosphoric ester groups is 1. The second kappa shape index (κ2) is 36.9. The number of carbonyl (C=O) groups is 2. The van der Waals surface area contributed by atoms with Crippen molar-refractivity contribution >= 4 is 19.8 Å². The largest absolute Gasteiger partial charge is 0.472 e. The number of aryl methyl sites for hydroxylation is 2. The number of nitrogens with zero attached hydrogens (tertiary/aromatic N) is 1. The van der Waals surface area contributed by atoms with Gasteiger partial charge in [0.2, 0.25) is 0 Å². The van der Waals surface area contributed by atoms with Crippen LogP contribution in [0.4, 0.5) is 0 Å². The number of ether oxygens (including phenoxy) is 2. The van der Waals surface area contributed by atoms with Crippen molar-refractivity contribution in [2.45, 2.75) is 175 Å². The minimum absolute atomic E-state index is 0.0149. The van der Waals surface area contributed by atoms with E-state index in [1.54, 1.807) is 12.2 Å². The Balaban J connectivity index is 2.43. The van der Waals surface area contributed by atoms with Crippen LogP contribution < -0.4 is 0 Å². The predicted octanol–water partition coefficient (Wildman–Crippen LogP) is 12.4. The highest BCUT2D eigenvalue weighted by Gasteiger charge is 2.27. The molecule has 1 heterocycles. The summed E-state index contributed by atoms with van der Waals surface area (Å²) in [6.07, 6.45) is 41.1. The Morgan fingerprint density at radius 2 is 1.20 bits per heavy atom. The van der Waals surface area contributed by atoms with Crippen molar-refractivity contribution < 1.29 is 51.6 Å². The fourth-order valence-electron chi connectivity index (χ4n) is 6.48. The highest BCUT2D eigenvalue weighted by atomic mass is 31.2. The minimum Gasteiger partial charge on any atom is -0.466 e. The van der Waals surface area contributed by atoms with Crippen LogP contribution in [0.3, 0.4) is 0 Å². The molecule has 2 unspecified atom stereocenters. The lowest BCUT2D eigenvalue weighted by molar-refractivity contribution is -0.870. The molecule has 2 N–H and O–H groups in total. The number of carbonyl (C=O) groups excluding carboxylic acids is 2. The maximum absolute atomic E-state index is 12.8. The number of allylic oxidation sites excluding steroid dienone is 11. The van der Waals surface area contributed by atoms with E-state index in [4.69, 9.17) is 22.9 Å². The van der Waals surface area contributed by atoms with Gasteiger partial charge in [0, 0.05) is 25.7 Å². The zero-order valence-electron chi connectivity index (χ0n) is 40.8. The van der Waals surface area contributed by atoms with Crippen LogP contribution in [0.5, 0.6) is 0 Å². The van der Waals surface area contributed by atoms with Gasteiger partial charge in [0.1, 0.15) is 31.3 Å². The molecule has 364 valence electrons. The Morgan fingerprint density at radius 3 is 1.77 bits per heavy atom. The van der Waals surface area contributed by atoms with Gasteiger partial charge < -0.3 is 28.4 Å². The number of hydrogen-bond donors (Lipinski definition) is 2. The topological polar surface area (TPSA) is 142 Å². The van der Waals surface area contributed by atoms with Crippen LogP contribution in [0.15, 0.2) is 77.3 Å². The smallest absolute Gasteiger partial charge is 0.466 e. The summed E-state index contributed by atoms with van der Waals surface area (Å²) in [4.78, 5) is 35.6. The Morgan fingerprint density at radius 1 is 0.672 bits per heavy atom. The van der Waals surface area contributed by atoms with E-state index in [1.165, 1.54) is 36.8 Å². The monoisotopic (exact) mass is 917 g/mol. The molecule has 11 nitrogen and oxygen atoms in total. The number of phosphoric acid groups is 1. The van der Waals surface area contributed by atoms with Gasteiger partial charge in [-0.3, -0.25) is 18.6 Å². The summed E-state index contributed by atoms with van der Waals surface area (Å²) in [5, 5.41) is 10.3. The summed E-state index contributed by atoms with van der Waals surface area (Å²) in [5.74, 6) is 1.20. The molecule has 0 aliphatic heterocycles. The number of furan rings is 1. The number of unbranched alkanes of at least 4 members (excludes halogenated alkanes) is 9. The Hall–Kier alpha value is -3.31. The highest BCUT2D eigenvalue weighted by molar-refractivity contribution is 7.47. The first kappa shape index (κ1) is 58.7. The first-order valence-corrected chi connectivity index (χ1v) is 25.6. The number of esters is 2. The highest BCUT2D eigenvalue weighted by Crippen LogP contribution is 2.43. The Labute approximate surface area is 387 Å². The second-order valence-corrected chi connectivity index (χ2v) is 19.0. The maximum atomic E-state index is 12.8. The minimum atomic E-state index is -4.45. The van der Waals surface area contributed by atoms with E-state index in [-0.39, 0.29) is 32.5 Å². The van der Waals surface area contributed by atoms with Crippen LogP contribution in [0.2, 0.25) is 0 Å². The molecule has 1 aromatic rings. The number of aliphatic hydroxyl groups excluding tert-OH is 1. The molecule has 0 aliphatic rings. The van der Waals surface area contributed by atoms with Crippen LogP contribution in [0.1, 0.15) is 158 Å². The molecule has 0 spiro atoms. The van der Waals surface area contributed by atoms with E-state index in [1.807, 2.05) is 33.3 Å². The third kappa shape index (κ3) is 33.2. The molecule has 0 aliphatic carbocycles. The molecule has 0 radical (unpaired) electrons. The first-order chi connectivity index (χ1) is 30.7. The van der Waals surface area contributed by atoms with Crippen LogP contribution in [-0.2, 0) is 45.5 Å². The van der Waals surface area contributed by atoms with Crippen molar-refractivity contribution in [3.63, 3.8) is 0 Å². The quantitative estimate of drug-likeness (QED) is 0.0164. The molecule has 0 fully saturated rings. The number of aliphatic hydroxyl groups is 1. The maximum Gasteiger partial charge on any atom is 0.472 e. The third-order valence-electron chi connectivity index (χ3n) is 10.6. The normalized spacial score (nSPS) is 14.6. The molecular formula is C52H87NO10P+. The average Bonchev–Trinajstić information content (AvgIpc) is 3.51. The summed E-state index contributed by atoms with van der Waals surface area (Å²) in [6, 6.07) is 0. The van der Waals surface area contributed by atoms with E-state index in [0.29, 0.717) is 17.4 Å². The fraction of sp³-hybridized carbons (Fsp3) is 0.654. The van der Waals surface area contributed by atoms with Gasteiger partial charge in [-0.25, -0.2) is 4.57 Å². The molecule has 64 heavy (non-hydrogen) atoms. The van der Waals surface area contributed by atoms with E-state index >= 15 is 0 Å². The van der Waals surface area contributed by atoms with Crippen LogP contribution >= 0.6 is 7.82 Å². The average molecular weight is 917 g/mol. The van der Waals surface area contributed by atoms with Gasteiger partial charge in [0.15, 0.2) is 6.10 Å². The third-order valence-corrected chi connectivity index (χ3v) is 11.6. The van der Waals surface area contributed by atoms with Gasteiger partial charge in [-0.2, -0.15) is 0 Å². The number of hydrogen-bond acceptors (Lipinski definition) is 9. The standard InChI is InChI=1S/C52H86NO10P/c1-8-10-12-13-14-15-16-17-18-19-20-21-22-25-28-32-35-47(54)39-40-51(55)59-43-48(44-61-64(57,58)60-42-41-53(5,6)7)62-52(56)38-34-30-27-24-23-26-29-33-37-50-46(4)45(3)49(63-50)36-31-11-9-2/h10,12,14-15,17-18,20-21,25,28,32,35,47-48,54H,8-9,11,13,16,19,22-24,26-27,29-31,33-34,36-44H2,1-7H3/p+1/b12-10-,15-14-,18-17-,21-20-,28-25-,35-32-/t47?,48-/m1/s1. The zero-order chi connectivity index (χ0) is 47.3. The molecule has 0 saturated carbocycles. The van der Waals surface area contributed by atoms with Crippen molar-refractivity contribution in [3.05, 3.63) is 95.6 Å². The summed E-state index contributed by atoms with van der Waals surface area (Å²) in [7, 11) is 1.32. The summed E-state index contributed by atoms with van der Waals surface area (Å²) >= 11 is 0. The summed E-state index contributed by atoms with van der Waals surface area (Å²) < 4.78 is 40.5. The van der Waals surface area contributed by atoms with Crippen molar-refractivity contribution in [2.75, 3.05) is 47.5 Å². The van der Waals surface area contributed by atoms with Gasteiger partial charge in [-0.15, -0.1) is 0 Å². The van der Waals surface area contributed by atoms with Gasteiger partial charge in [0.05, 0.1) is 33.9 Å². The molecule has 0 bridgehead atoms. The van der Waals surface area contributed by atoms with Crippen LogP contribution in [0, 0.1) is 13.8 Å². The molecule has 3 atom stereocenters.